The van der Waals surface area contributed by atoms with Crippen LogP contribution >= 0.6 is 0 Å². The van der Waals surface area contributed by atoms with E-state index in [9.17, 15) is 26.4 Å². The third-order valence-corrected chi connectivity index (χ3v) is 3.67. The van der Waals surface area contributed by atoms with Crippen molar-refractivity contribution in [1.29, 1.82) is 0 Å². The number of rotatable bonds is 4. The fraction of sp³-hybridized carbons (Fsp3) is 0.167. The van der Waals surface area contributed by atoms with Crippen molar-refractivity contribution in [1.82, 2.24) is 0 Å². The first kappa shape index (κ1) is 23.2. The number of carbonyl (C=O) groups is 1. The smallest absolute Gasteiger partial charge is 0.406 e. The van der Waals surface area contributed by atoms with E-state index < -0.39 is 22.2 Å². The van der Waals surface area contributed by atoms with Crippen molar-refractivity contribution in [2.75, 3.05) is 0 Å². The zero-order chi connectivity index (χ0) is 21.5. The molecule has 0 unspecified atom stereocenters. The highest BCUT2D eigenvalue weighted by molar-refractivity contribution is 7.88. The molecule has 2 aromatic carbocycles. The highest BCUT2D eigenvalue weighted by atomic mass is 32.2. The van der Waals surface area contributed by atoms with E-state index in [0.717, 1.165) is 29.3 Å². The molecular formula is C18H18F3NO5S. The van der Waals surface area contributed by atoms with Crippen molar-refractivity contribution in [3.8, 4) is 5.75 Å². The van der Waals surface area contributed by atoms with Crippen LogP contribution in [0.5, 0.6) is 5.75 Å². The van der Waals surface area contributed by atoms with Gasteiger partial charge in [-0.25, -0.2) is 0 Å². The lowest BCUT2D eigenvalue weighted by Crippen LogP contribution is -2.16. The number of alkyl halides is 3. The molecule has 0 aromatic heterocycles. The molecule has 28 heavy (non-hydrogen) atoms. The number of nitrogens with two attached hydrogens (primary N) is 1. The van der Waals surface area contributed by atoms with E-state index in [4.69, 9.17) is 10.3 Å². The van der Waals surface area contributed by atoms with E-state index in [-0.39, 0.29) is 5.91 Å². The maximum Gasteiger partial charge on any atom is 0.573 e. The molecule has 3 N–H and O–H groups in total. The van der Waals surface area contributed by atoms with Crippen LogP contribution in [0.25, 0.3) is 6.08 Å². The van der Waals surface area contributed by atoms with Gasteiger partial charge in [-0.2, -0.15) is 8.42 Å². The summed E-state index contributed by atoms with van der Waals surface area (Å²) in [6.45, 7) is 3.87. The summed E-state index contributed by atoms with van der Waals surface area (Å²) < 4.78 is 68.1. The molecule has 1 amide bonds. The van der Waals surface area contributed by atoms with E-state index in [1.807, 2.05) is 26.0 Å². The molecule has 0 bridgehead atoms. The normalized spacial score (nSPS) is 11.6. The summed E-state index contributed by atoms with van der Waals surface area (Å²) in [6, 6.07) is 10.1. The lowest BCUT2D eigenvalue weighted by Gasteiger charge is -2.08. The van der Waals surface area contributed by atoms with E-state index in [2.05, 4.69) is 4.74 Å². The second-order valence-electron chi connectivity index (χ2n) is 5.62. The van der Waals surface area contributed by atoms with E-state index in [0.29, 0.717) is 16.5 Å². The summed E-state index contributed by atoms with van der Waals surface area (Å²) in [5, 5.41) is 0.520. The monoisotopic (exact) mass is 417 g/mol. The number of benzene rings is 2. The minimum atomic E-state index is -4.77. The van der Waals surface area contributed by atoms with Crippen LogP contribution in [0.15, 0.2) is 47.9 Å². The number of ether oxygens (including phenoxy) is 1. The zero-order valence-electron chi connectivity index (χ0n) is 14.9. The summed E-state index contributed by atoms with van der Waals surface area (Å²) in [4.78, 5) is 10.8. The van der Waals surface area contributed by atoms with E-state index in [1.54, 1.807) is 6.07 Å². The molecule has 10 heteroatoms. The van der Waals surface area contributed by atoms with Crippen LogP contribution in [-0.4, -0.2) is 25.2 Å². The van der Waals surface area contributed by atoms with Gasteiger partial charge in [0, 0.05) is 5.56 Å². The van der Waals surface area contributed by atoms with Crippen LogP contribution < -0.4 is 10.5 Å². The first-order chi connectivity index (χ1) is 12.8. The fourth-order valence-electron chi connectivity index (χ4n) is 2.04. The van der Waals surface area contributed by atoms with E-state index >= 15 is 0 Å². The van der Waals surface area contributed by atoms with Gasteiger partial charge < -0.3 is 10.5 Å². The number of primary amides is 1. The highest BCUT2D eigenvalue weighted by Gasteiger charge is 2.30. The Balaban J connectivity index is 0.000000307. The Bertz CT molecular complexity index is 952. The second kappa shape index (κ2) is 9.38. The van der Waals surface area contributed by atoms with E-state index in [1.165, 1.54) is 12.1 Å². The van der Waals surface area contributed by atoms with Gasteiger partial charge in [0.2, 0.25) is 5.91 Å². The van der Waals surface area contributed by atoms with Crippen molar-refractivity contribution in [2.24, 2.45) is 5.73 Å². The lowest BCUT2D eigenvalue weighted by molar-refractivity contribution is -0.274. The molecular weight excluding hydrogens is 399 g/mol. The molecule has 0 atom stereocenters. The van der Waals surface area contributed by atoms with Gasteiger partial charge in [0.1, 0.15) is 5.75 Å². The number of halogens is 3. The molecule has 0 aliphatic rings. The Labute approximate surface area is 160 Å². The van der Waals surface area contributed by atoms with Gasteiger partial charge in [-0.15, -0.1) is 13.2 Å². The number of hydrogen-bond donors (Lipinski definition) is 2. The molecule has 6 nitrogen and oxygen atoms in total. The molecule has 0 radical (unpaired) electrons. The van der Waals surface area contributed by atoms with Crippen molar-refractivity contribution in [3.05, 3.63) is 70.1 Å². The molecule has 0 spiro atoms. The van der Waals surface area contributed by atoms with Crippen LogP contribution in [-0.2, 0) is 10.1 Å². The van der Waals surface area contributed by atoms with Gasteiger partial charge in [-0.05, 0) is 49.2 Å². The average Bonchev–Trinajstić information content (AvgIpc) is 2.52. The standard InChI is InChI=1S/C9H7F3O4S.C9H11NO/c10-9(11,12)16-8-3-1-7(2-4-8)5-6-17(13,14)15;1-6-3-4-8(9(10)11)7(2)5-6/h1-6H,(H,13,14,15);3-5H,1-2H3,(H2,10,11). The molecule has 0 aliphatic carbocycles. The van der Waals surface area contributed by atoms with Gasteiger partial charge >= 0.3 is 6.36 Å². The lowest BCUT2D eigenvalue weighted by atomic mass is 10.1. The Morgan fingerprint density at radius 1 is 1.11 bits per heavy atom. The summed E-state index contributed by atoms with van der Waals surface area (Å²) in [6.07, 6.45) is -3.74. The van der Waals surface area contributed by atoms with Gasteiger partial charge in [-0.3, -0.25) is 9.35 Å². The van der Waals surface area contributed by atoms with Crippen molar-refractivity contribution in [3.63, 3.8) is 0 Å². The summed E-state index contributed by atoms with van der Waals surface area (Å²) >= 11 is 0. The van der Waals surface area contributed by atoms with Crippen LogP contribution in [0.1, 0.15) is 27.0 Å². The molecule has 2 rings (SSSR count). The van der Waals surface area contributed by atoms with Gasteiger partial charge in [0.05, 0.1) is 5.41 Å². The molecule has 0 saturated carbocycles. The Morgan fingerprint density at radius 2 is 1.68 bits per heavy atom. The first-order valence-electron chi connectivity index (χ1n) is 7.65. The van der Waals surface area contributed by atoms with Crippen molar-refractivity contribution in [2.45, 2.75) is 20.2 Å². The van der Waals surface area contributed by atoms with Crippen molar-refractivity contribution >= 4 is 22.1 Å². The largest absolute Gasteiger partial charge is 0.573 e. The number of carbonyl (C=O) groups excluding carboxylic acids is 1. The van der Waals surface area contributed by atoms with Crippen LogP contribution in [0.4, 0.5) is 13.2 Å². The third-order valence-electron chi connectivity index (χ3n) is 3.19. The fourth-order valence-corrected chi connectivity index (χ4v) is 2.36. The summed E-state index contributed by atoms with van der Waals surface area (Å²) in [5.74, 6) is -0.774. The van der Waals surface area contributed by atoms with Crippen molar-refractivity contribution < 1.29 is 35.7 Å². The molecule has 0 heterocycles. The number of amides is 1. The SMILES string of the molecule is Cc1ccc(C(N)=O)c(C)c1.O=S(=O)(O)C=Cc1ccc(OC(F)(F)F)cc1. The summed E-state index contributed by atoms with van der Waals surface area (Å²) in [5.41, 5.74) is 8.12. The van der Waals surface area contributed by atoms with Crippen LogP contribution in [0.3, 0.4) is 0 Å². The number of aryl methyl sites for hydroxylation is 2. The molecule has 0 saturated heterocycles. The quantitative estimate of drug-likeness (QED) is 0.735. The third kappa shape index (κ3) is 9.19. The predicted molar refractivity (Wildman–Crippen MR) is 98.1 cm³/mol. The Kier molecular flexibility index (Phi) is 7.77. The maximum atomic E-state index is 11.8. The minimum Gasteiger partial charge on any atom is -0.406 e. The zero-order valence-corrected chi connectivity index (χ0v) is 15.7. The molecule has 0 aliphatic heterocycles. The maximum absolute atomic E-state index is 11.8. The van der Waals surface area contributed by atoms with Gasteiger partial charge in [0.15, 0.2) is 0 Å². The molecule has 0 fully saturated rings. The molecule has 2 aromatic rings. The topological polar surface area (TPSA) is 107 Å². The summed E-state index contributed by atoms with van der Waals surface area (Å²) in [7, 11) is -4.25. The minimum absolute atomic E-state index is 0.303. The Hall–Kier alpha value is -2.85. The van der Waals surface area contributed by atoms with Gasteiger partial charge in [0.25, 0.3) is 10.1 Å². The van der Waals surface area contributed by atoms with Crippen LogP contribution in [0, 0.1) is 13.8 Å². The van der Waals surface area contributed by atoms with Gasteiger partial charge in [-0.1, -0.05) is 29.8 Å². The predicted octanol–water partition coefficient (Wildman–Crippen LogP) is 3.85. The number of hydrogen-bond acceptors (Lipinski definition) is 4. The second-order valence-corrected chi connectivity index (χ2v) is 6.92. The highest BCUT2D eigenvalue weighted by Crippen LogP contribution is 2.23. The Morgan fingerprint density at radius 3 is 2.11 bits per heavy atom. The average molecular weight is 417 g/mol. The first-order valence-corrected chi connectivity index (χ1v) is 9.15. The van der Waals surface area contributed by atoms with Crippen LogP contribution in [0.2, 0.25) is 0 Å². The molecule has 152 valence electrons.